The number of hydrogen-bond acceptors (Lipinski definition) is 4. The highest BCUT2D eigenvalue weighted by molar-refractivity contribution is 5.94. The van der Waals surface area contributed by atoms with Gasteiger partial charge in [-0.25, -0.2) is 14.4 Å². The van der Waals surface area contributed by atoms with E-state index in [-0.39, 0.29) is 11.7 Å². The lowest BCUT2D eigenvalue weighted by atomic mass is 10.1. The van der Waals surface area contributed by atoms with Crippen LogP contribution >= 0.6 is 0 Å². The number of aromatic nitrogens is 3. The molecular weight excluding hydrogens is 309 g/mol. The van der Waals surface area contributed by atoms with Crippen molar-refractivity contribution in [3.8, 4) is 0 Å². The number of hydrogen-bond donors (Lipinski definition) is 1. The highest BCUT2D eigenvalue weighted by Gasteiger charge is 2.24. The molecule has 4 rings (SSSR count). The number of anilines is 1. The van der Waals surface area contributed by atoms with E-state index in [0.29, 0.717) is 31.7 Å². The zero-order valence-corrected chi connectivity index (χ0v) is 12.9. The van der Waals surface area contributed by atoms with Crippen molar-refractivity contribution in [2.24, 2.45) is 0 Å². The van der Waals surface area contributed by atoms with Gasteiger partial charge in [-0.1, -0.05) is 0 Å². The van der Waals surface area contributed by atoms with Crippen LogP contribution in [0.4, 0.5) is 10.2 Å². The summed E-state index contributed by atoms with van der Waals surface area (Å²) in [4.78, 5) is 28.1. The third-order valence-electron chi connectivity index (χ3n) is 4.29. The Morgan fingerprint density at radius 2 is 1.79 bits per heavy atom. The monoisotopic (exact) mass is 325 g/mol. The van der Waals surface area contributed by atoms with Crippen molar-refractivity contribution >= 4 is 22.8 Å². The van der Waals surface area contributed by atoms with E-state index in [1.165, 1.54) is 24.3 Å². The molecule has 0 bridgehead atoms. The Hall–Kier alpha value is -2.96. The van der Waals surface area contributed by atoms with E-state index in [9.17, 15) is 9.18 Å². The Bertz CT molecular complexity index is 868. The van der Waals surface area contributed by atoms with Gasteiger partial charge in [0.05, 0.1) is 5.39 Å². The molecule has 1 aliphatic rings. The Balaban J connectivity index is 1.48. The summed E-state index contributed by atoms with van der Waals surface area (Å²) in [5.74, 6) is 0.481. The summed E-state index contributed by atoms with van der Waals surface area (Å²) in [6.07, 6.45) is 3.39. The molecule has 3 heterocycles. The van der Waals surface area contributed by atoms with Crippen LogP contribution in [-0.4, -0.2) is 51.9 Å². The van der Waals surface area contributed by atoms with Crippen molar-refractivity contribution in [1.29, 1.82) is 0 Å². The molecule has 2 aromatic heterocycles. The van der Waals surface area contributed by atoms with Crippen LogP contribution in [0.5, 0.6) is 0 Å². The van der Waals surface area contributed by atoms with E-state index in [0.717, 1.165) is 16.9 Å². The minimum Gasteiger partial charge on any atom is -0.352 e. The molecule has 1 N–H and O–H groups in total. The van der Waals surface area contributed by atoms with Gasteiger partial charge in [0, 0.05) is 37.9 Å². The predicted octanol–water partition coefficient (Wildman–Crippen LogP) is 2.06. The van der Waals surface area contributed by atoms with Gasteiger partial charge in [0.25, 0.3) is 5.91 Å². The van der Waals surface area contributed by atoms with Crippen LogP contribution in [0.25, 0.3) is 11.0 Å². The Morgan fingerprint density at radius 3 is 2.54 bits per heavy atom. The van der Waals surface area contributed by atoms with Gasteiger partial charge in [0.1, 0.15) is 23.6 Å². The topological polar surface area (TPSA) is 65.1 Å². The van der Waals surface area contributed by atoms with E-state index < -0.39 is 0 Å². The molecular formula is C17H16FN5O. The lowest BCUT2D eigenvalue weighted by molar-refractivity contribution is 0.0746. The van der Waals surface area contributed by atoms with Crippen LogP contribution in [0, 0.1) is 5.82 Å². The Kier molecular flexibility index (Phi) is 3.60. The summed E-state index contributed by atoms with van der Waals surface area (Å²) in [5, 5.41) is 0.982. The molecule has 1 aromatic carbocycles. The molecule has 0 unspecified atom stereocenters. The molecule has 0 aliphatic carbocycles. The van der Waals surface area contributed by atoms with E-state index in [4.69, 9.17) is 0 Å². The van der Waals surface area contributed by atoms with Gasteiger partial charge in [-0.05, 0) is 30.3 Å². The number of amides is 1. The quantitative estimate of drug-likeness (QED) is 0.783. The van der Waals surface area contributed by atoms with E-state index in [1.54, 1.807) is 11.2 Å². The fourth-order valence-electron chi connectivity index (χ4n) is 3.01. The molecule has 6 nitrogen and oxygen atoms in total. The van der Waals surface area contributed by atoms with Crippen LogP contribution in [0.2, 0.25) is 0 Å². The van der Waals surface area contributed by atoms with Gasteiger partial charge in [0.2, 0.25) is 0 Å². The molecule has 1 fully saturated rings. The normalized spacial score (nSPS) is 15.0. The first-order valence-electron chi connectivity index (χ1n) is 7.80. The number of benzene rings is 1. The highest BCUT2D eigenvalue weighted by atomic mass is 19.1. The van der Waals surface area contributed by atoms with Crippen molar-refractivity contribution < 1.29 is 9.18 Å². The maximum absolute atomic E-state index is 13.0. The predicted molar refractivity (Wildman–Crippen MR) is 88.4 cm³/mol. The number of fused-ring (bicyclic) bond motifs is 1. The largest absolute Gasteiger partial charge is 0.352 e. The van der Waals surface area contributed by atoms with Crippen LogP contribution in [-0.2, 0) is 0 Å². The van der Waals surface area contributed by atoms with Crippen molar-refractivity contribution in [2.75, 3.05) is 31.1 Å². The number of nitrogens with zero attached hydrogens (tertiary/aromatic N) is 4. The van der Waals surface area contributed by atoms with Gasteiger partial charge in [0.15, 0.2) is 0 Å². The molecule has 7 heteroatoms. The van der Waals surface area contributed by atoms with Gasteiger partial charge < -0.3 is 14.8 Å². The molecule has 1 saturated heterocycles. The number of nitrogens with one attached hydrogen (secondary N) is 1. The van der Waals surface area contributed by atoms with Gasteiger partial charge in [-0.3, -0.25) is 4.79 Å². The maximum atomic E-state index is 13.0. The van der Waals surface area contributed by atoms with E-state index >= 15 is 0 Å². The summed E-state index contributed by atoms with van der Waals surface area (Å²) in [6, 6.07) is 7.64. The van der Waals surface area contributed by atoms with Crippen LogP contribution in [0.3, 0.4) is 0 Å². The SMILES string of the molecule is O=C(c1ccc(F)cc1)N1CCN(c2ncnc3[nH]ccc23)CC1. The second kappa shape index (κ2) is 5.92. The van der Waals surface area contributed by atoms with Gasteiger partial charge in [-0.15, -0.1) is 0 Å². The molecule has 3 aromatic rings. The van der Waals surface area contributed by atoms with Crippen LogP contribution in [0.1, 0.15) is 10.4 Å². The summed E-state index contributed by atoms with van der Waals surface area (Å²) in [7, 11) is 0. The van der Waals surface area contributed by atoms with Crippen LogP contribution in [0.15, 0.2) is 42.9 Å². The molecule has 122 valence electrons. The lowest BCUT2D eigenvalue weighted by Crippen LogP contribution is -2.49. The molecule has 0 saturated carbocycles. The first-order chi connectivity index (χ1) is 11.7. The minimum absolute atomic E-state index is 0.0656. The fourth-order valence-corrected chi connectivity index (χ4v) is 3.01. The standard InChI is InChI=1S/C17H16FN5O/c18-13-3-1-12(2-4-13)17(24)23-9-7-22(8-10-23)16-14-5-6-19-15(14)20-11-21-16/h1-6,11H,7-10H2,(H,19,20,21). The number of halogens is 1. The number of rotatable bonds is 2. The summed E-state index contributed by atoms with van der Waals surface area (Å²) < 4.78 is 13.0. The zero-order valence-electron chi connectivity index (χ0n) is 12.9. The zero-order chi connectivity index (χ0) is 16.5. The molecule has 0 spiro atoms. The highest BCUT2D eigenvalue weighted by Crippen LogP contribution is 2.23. The number of piperazine rings is 1. The van der Waals surface area contributed by atoms with E-state index in [1.807, 2.05) is 12.3 Å². The third-order valence-corrected chi connectivity index (χ3v) is 4.29. The first-order valence-corrected chi connectivity index (χ1v) is 7.80. The number of carbonyl (C=O) groups excluding carboxylic acids is 1. The second-order valence-corrected chi connectivity index (χ2v) is 5.72. The number of carbonyl (C=O) groups is 1. The molecule has 0 atom stereocenters. The van der Waals surface area contributed by atoms with Crippen molar-refractivity contribution in [3.05, 3.63) is 54.2 Å². The average molecular weight is 325 g/mol. The summed E-state index contributed by atoms with van der Waals surface area (Å²) in [6.45, 7) is 2.60. The molecule has 1 amide bonds. The summed E-state index contributed by atoms with van der Waals surface area (Å²) in [5.41, 5.74) is 1.32. The Labute approximate surface area is 137 Å². The fraction of sp³-hybridized carbons (Fsp3) is 0.235. The van der Waals surface area contributed by atoms with Crippen molar-refractivity contribution in [1.82, 2.24) is 19.9 Å². The molecule has 1 aliphatic heterocycles. The number of H-pyrrole nitrogens is 1. The Morgan fingerprint density at radius 1 is 1.04 bits per heavy atom. The molecule has 24 heavy (non-hydrogen) atoms. The van der Waals surface area contributed by atoms with Crippen molar-refractivity contribution in [3.63, 3.8) is 0 Å². The minimum atomic E-state index is -0.337. The van der Waals surface area contributed by atoms with E-state index in [2.05, 4.69) is 19.9 Å². The lowest BCUT2D eigenvalue weighted by Gasteiger charge is -2.35. The summed E-state index contributed by atoms with van der Waals surface area (Å²) >= 11 is 0. The smallest absolute Gasteiger partial charge is 0.253 e. The van der Waals surface area contributed by atoms with Gasteiger partial charge in [-0.2, -0.15) is 0 Å². The average Bonchev–Trinajstić information content (AvgIpc) is 3.11. The second-order valence-electron chi connectivity index (χ2n) is 5.72. The van der Waals surface area contributed by atoms with Crippen LogP contribution < -0.4 is 4.90 Å². The number of aromatic amines is 1. The molecule has 0 radical (unpaired) electrons. The first kappa shape index (κ1) is 14.6. The maximum Gasteiger partial charge on any atom is 0.253 e. The van der Waals surface area contributed by atoms with Gasteiger partial charge >= 0.3 is 0 Å². The third kappa shape index (κ3) is 2.58. The van der Waals surface area contributed by atoms with Crippen molar-refractivity contribution in [2.45, 2.75) is 0 Å².